The van der Waals surface area contributed by atoms with E-state index >= 15 is 0 Å². The summed E-state index contributed by atoms with van der Waals surface area (Å²) in [5, 5.41) is 0.554. The van der Waals surface area contributed by atoms with E-state index < -0.39 is 0 Å². The second kappa shape index (κ2) is 5.47. The summed E-state index contributed by atoms with van der Waals surface area (Å²) in [6.07, 6.45) is 2.40. The zero-order chi connectivity index (χ0) is 14.2. The molecule has 2 aliphatic rings. The van der Waals surface area contributed by atoms with E-state index in [-0.39, 0.29) is 17.3 Å². The largest absolute Gasteiger partial charge is 0.378 e. The van der Waals surface area contributed by atoms with Crippen LogP contribution in [0.1, 0.15) is 35.2 Å². The molecule has 4 heteroatoms. The third kappa shape index (κ3) is 2.62. The van der Waals surface area contributed by atoms with E-state index in [1.165, 1.54) is 0 Å². The highest BCUT2D eigenvalue weighted by molar-refractivity contribution is 6.34. The van der Waals surface area contributed by atoms with Crippen LogP contribution in [-0.2, 0) is 9.47 Å². The van der Waals surface area contributed by atoms with E-state index in [9.17, 15) is 4.79 Å². The molecule has 2 atom stereocenters. The van der Waals surface area contributed by atoms with Crippen molar-refractivity contribution in [1.82, 2.24) is 0 Å². The normalized spacial score (nSPS) is 29.8. The molecule has 2 aliphatic heterocycles. The highest BCUT2D eigenvalue weighted by Crippen LogP contribution is 2.37. The molecule has 2 unspecified atom stereocenters. The van der Waals surface area contributed by atoms with Crippen molar-refractivity contribution >= 4 is 17.4 Å². The molecule has 0 amide bonds. The average molecular weight is 295 g/mol. The summed E-state index contributed by atoms with van der Waals surface area (Å²) in [7, 11) is 0. The van der Waals surface area contributed by atoms with Gasteiger partial charge in [0, 0.05) is 31.1 Å². The van der Waals surface area contributed by atoms with Gasteiger partial charge in [-0.15, -0.1) is 0 Å². The van der Waals surface area contributed by atoms with Crippen LogP contribution in [0.3, 0.4) is 0 Å². The topological polar surface area (TPSA) is 35.5 Å². The summed E-state index contributed by atoms with van der Waals surface area (Å²) >= 11 is 6.22. The molecule has 1 spiro atoms. The summed E-state index contributed by atoms with van der Waals surface area (Å²) in [6.45, 7) is 3.94. The second-order valence-corrected chi connectivity index (χ2v) is 6.28. The summed E-state index contributed by atoms with van der Waals surface area (Å²) in [6, 6.07) is 5.63. The Hall–Kier alpha value is -0.900. The van der Waals surface area contributed by atoms with Gasteiger partial charge in [-0.25, -0.2) is 0 Å². The minimum absolute atomic E-state index is 0.00865. The van der Waals surface area contributed by atoms with Crippen LogP contribution in [0, 0.1) is 12.8 Å². The zero-order valence-corrected chi connectivity index (χ0v) is 12.4. The van der Waals surface area contributed by atoms with Crippen LogP contribution in [0.2, 0.25) is 5.02 Å². The second-order valence-electron chi connectivity index (χ2n) is 5.87. The van der Waals surface area contributed by atoms with Crippen molar-refractivity contribution in [3.63, 3.8) is 0 Å². The molecule has 0 radical (unpaired) electrons. The van der Waals surface area contributed by atoms with Crippen LogP contribution in [0.25, 0.3) is 0 Å². The molecule has 108 valence electrons. The molecule has 0 N–H and O–H groups in total. The number of carbonyl (C=O) groups is 1. The molecule has 0 aliphatic carbocycles. The maximum absolute atomic E-state index is 12.7. The summed E-state index contributed by atoms with van der Waals surface area (Å²) in [5.74, 6) is 0.134. The Morgan fingerprint density at radius 2 is 2.25 bits per heavy atom. The smallest absolute Gasteiger partial charge is 0.167 e. The van der Waals surface area contributed by atoms with Crippen molar-refractivity contribution in [1.29, 1.82) is 0 Å². The van der Waals surface area contributed by atoms with E-state index in [0.29, 0.717) is 23.8 Å². The zero-order valence-electron chi connectivity index (χ0n) is 11.7. The first-order valence-corrected chi connectivity index (χ1v) is 7.50. The van der Waals surface area contributed by atoms with Crippen molar-refractivity contribution in [2.24, 2.45) is 5.92 Å². The Labute approximate surface area is 124 Å². The molecule has 20 heavy (non-hydrogen) atoms. The average Bonchev–Trinajstić information content (AvgIpc) is 2.86. The molecule has 2 heterocycles. The number of Topliss-reactive ketones (excluding diaryl/α,β-unsaturated/α-hetero) is 1. The van der Waals surface area contributed by atoms with Crippen LogP contribution in [0.15, 0.2) is 18.2 Å². The van der Waals surface area contributed by atoms with Crippen molar-refractivity contribution in [2.75, 3.05) is 19.8 Å². The lowest BCUT2D eigenvalue weighted by Gasteiger charge is -2.36. The van der Waals surface area contributed by atoms with E-state index in [1.807, 2.05) is 25.1 Å². The number of benzene rings is 1. The Morgan fingerprint density at radius 3 is 2.95 bits per heavy atom. The number of carbonyl (C=O) groups excluding carboxylic acids is 1. The van der Waals surface area contributed by atoms with Gasteiger partial charge in [0.05, 0.1) is 17.2 Å². The summed E-state index contributed by atoms with van der Waals surface area (Å²) in [5.41, 5.74) is 1.47. The SMILES string of the molecule is Cc1ccc(C(=O)C2CCOC3(CCOC3)C2)c(Cl)c1. The van der Waals surface area contributed by atoms with Crippen LogP contribution >= 0.6 is 11.6 Å². The Morgan fingerprint density at radius 1 is 1.40 bits per heavy atom. The van der Waals surface area contributed by atoms with Crippen LogP contribution < -0.4 is 0 Å². The van der Waals surface area contributed by atoms with Gasteiger partial charge in [0.15, 0.2) is 5.78 Å². The predicted molar refractivity (Wildman–Crippen MR) is 77.4 cm³/mol. The number of ketones is 1. The quantitative estimate of drug-likeness (QED) is 0.784. The predicted octanol–water partition coefficient (Wildman–Crippen LogP) is 3.42. The molecule has 0 bridgehead atoms. The molecule has 2 fully saturated rings. The minimum Gasteiger partial charge on any atom is -0.378 e. The monoisotopic (exact) mass is 294 g/mol. The minimum atomic E-state index is -0.240. The first-order valence-electron chi connectivity index (χ1n) is 7.12. The molecule has 2 saturated heterocycles. The van der Waals surface area contributed by atoms with Crippen molar-refractivity contribution in [3.8, 4) is 0 Å². The number of aryl methyl sites for hydroxylation is 1. The van der Waals surface area contributed by atoms with Gasteiger partial charge in [0.1, 0.15) is 0 Å². The van der Waals surface area contributed by atoms with Gasteiger partial charge in [-0.1, -0.05) is 17.7 Å². The number of rotatable bonds is 2. The van der Waals surface area contributed by atoms with Crippen molar-refractivity contribution in [3.05, 3.63) is 34.3 Å². The van der Waals surface area contributed by atoms with E-state index in [0.717, 1.165) is 31.4 Å². The lowest BCUT2D eigenvalue weighted by Crippen LogP contribution is -2.42. The third-order valence-corrected chi connectivity index (χ3v) is 4.63. The molecule has 1 aromatic carbocycles. The highest BCUT2D eigenvalue weighted by atomic mass is 35.5. The number of hydrogen-bond donors (Lipinski definition) is 0. The maximum Gasteiger partial charge on any atom is 0.167 e. The van der Waals surface area contributed by atoms with Crippen LogP contribution in [0.4, 0.5) is 0 Å². The molecule has 0 aromatic heterocycles. The van der Waals surface area contributed by atoms with Gasteiger partial charge in [-0.3, -0.25) is 4.79 Å². The number of hydrogen-bond acceptors (Lipinski definition) is 3. The van der Waals surface area contributed by atoms with Gasteiger partial charge >= 0.3 is 0 Å². The molecule has 1 aromatic rings. The van der Waals surface area contributed by atoms with Gasteiger partial charge in [0.2, 0.25) is 0 Å². The van der Waals surface area contributed by atoms with Crippen LogP contribution in [-0.4, -0.2) is 31.2 Å². The molecule has 3 nitrogen and oxygen atoms in total. The fourth-order valence-electron chi connectivity index (χ4n) is 3.15. The fourth-order valence-corrected chi connectivity index (χ4v) is 3.48. The summed E-state index contributed by atoms with van der Waals surface area (Å²) in [4.78, 5) is 12.7. The van der Waals surface area contributed by atoms with Crippen LogP contribution in [0.5, 0.6) is 0 Å². The van der Waals surface area contributed by atoms with Crippen molar-refractivity contribution in [2.45, 2.75) is 31.8 Å². The first kappa shape index (κ1) is 14.1. The van der Waals surface area contributed by atoms with Gasteiger partial charge < -0.3 is 9.47 Å². The van der Waals surface area contributed by atoms with Gasteiger partial charge in [-0.2, -0.15) is 0 Å². The highest BCUT2D eigenvalue weighted by Gasteiger charge is 2.43. The lowest BCUT2D eigenvalue weighted by molar-refractivity contribution is -0.0920. The molecule has 0 saturated carbocycles. The third-order valence-electron chi connectivity index (χ3n) is 4.32. The van der Waals surface area contributed by atoms with E-state index in [2.05, 4.69) is 0 Å². The van der Waals surface area contributed by atoms with Gasteiger partial charge in [0.25, 0.3) is 0 Å². The van der Waals surface area contributed by atoms with Gasteiger partial charge in [-0.05, 0) is 37.5 Å². The van der Waals surface area contributed by atoms with E-state index in [1.54, 1.807) is 0 Å². The maximum atomic E-state index is 12.7. The van der Waals surface area contributed by atoms with E-state index in [4.69, 9.17) is 21.1 Å². The van der Waals surface area contributed by atoms with Crippen molar-refractivity contribution < 1.29 is 14.3 Å². The first-order chi connectivity index (χ1) is 9.60. The standard InChI is InChI=1S/C16H19ClO3/c1-11-2-3-13(14(17)8-11)15(18)12-4-6-20-16(9-12)5-7-19-10-16/h2-3,8,12H,4-7,9-10H2,1H3. The Bertz CT molecular complexity index is 520. The number of ether oxygens (including phenoxy) is 2. The summed E-state index contributed by atoms with van der Waals surface area (Å²) < 4.78 is 11.3. The fraction of sp³-hybridized carbons (Fsp3) is 0.562. The Balaban J connectivity index is 1.79. The Kier molecular flexibility index (Phi) is 3.85. The molecular formula is C16H19ClO3. The number of halogens is 1. The lowest BCUT2D eigenvalue weighted by atomic mass is 9.81. The molecular weight excluding hydrogens is 276 g/mol. The molecule has 3 rings (SSSR count).